The molecule has 6 atom stereocenters. The minimum atomic E-state index is -1.04. The van der Waals surface area contributed by atoms with Crippen molar-refractivity contribution in [3.63, 3.8) is 0 Å². The molecule has 0 unspecified atom stereocenters. The Morgan fingerprint density at radius 1 is 0.667 bits per heavy atom. The number of hydrogen-bond donors (Lipinski definition) is 4. The van der Waals surface area contributed by atoms with E-state index in [1.54, 1.807) is 6.08 Å². The summed E-state index contributed by atoms with van der Waals surface area (Å²) in [6.45, 7) is 6.35. The molecule has 0 heterocycles. The van der Waals surface area contributed by atoms with Crippen LogP contribution in [0.5, 0.6) is 0 Å². The van der Waals surface area contributed by atoms with E-state index >= 15 is 0 Å². The number of aliphatic hydroxyl groups excluding tert-OH is 4. The molecular weight excluding hydrogens is 644 g/mol. The van der Waals surface area contributed by atoms with E-state index in [1.165, 1.54) is 77.0 Å². The van der Waals surface area contributed by atoms with Gasteiger partial charge in [0.25, 0.3) is 0 Å². The lowest BCUT2D eigenvalue weighted by Gasteiger charge is -2.19. The average Bonchev–Trinajstić information content (AvgIpc) is 3.37. The molecule has 51 heavy (non-hydrogen) atoms. The number of rotatable bonds is 33. The molecule has 8 heteroatoms. The summed E-state index contributed by atoms with van der Waals surface area (Å²) in [7, 11) is 0. The minimum absolute atomic E-state index is 0.116. The van der Waals surface area contributed by atoms with Gasteiger partial charge in [-0.15, -0.1) is 0 Å². The largest absolute Gasteiger partial charge is 0.463 e. The fourth-order valence-electron chi connectivity index (χ4n) is 6.91. The highest BCUT2D eigenvalue weighted by molar-refractivity contribution is 5.69. The zero-order valence-corrected chi connectivity index (χ0v) is 32.9. The maximum Gasteiger partial charge on any atom is 0.305 e. The summed E-state index contributed by atoms with van der Waals surface area (Å²) in [5, 5.41) is 41.1. The first-order valence-electron chi connectivity index (χ1n) is 21.0. The normalized spacial score (nSPS) is 20.5. The van der Waals surface area contributed by atoms with Crippen molar-refractivity contribution < 1.29 is 39.5 Å². The van der Waals surface area contributed by atoms with Crippen molar-refractivity contribution in [2.45, 2.75) is 206 Å². The molecule has 1 aliphatic carbocycles. The third kappa shape index (κ3) is 26.6. The van der Waals surface area contributed by atoms with Gasteiger partial charge in [0.15, 0.2) is 0 Å². The van der Waals surface area contributed by atoms with Gasteiger partial charge in [0.05, 0.1) is 18.3 Å². The highest BCUT2D eigenvalue weighted by Crippen LogP contribution is 2.36. The minimum Gasteiger partial charge on any atom is -0.463 e. The highest BCUT2D eigenvalue weighted by Gasteiger charge is 2.39. The highest BCUT2D eigenvalue weighted by atomic mass is 16.6. The molecule has 1 aliphatic rings. The van der Waals surface area contributed by atoms with Gasteiger partial charge in [-0.1, -0.05) is 154 Å². The molecule has 0 saturated heterocycles. The van der Waals surface area contributed by atoms with E-state index in [0.29, 0.717) is 38.5 Å². The van der Waals surface area contributed by atoms with Crippen molar-refractivity contribution >= 4 is 11.9 Å². The Morgan fingerprint density at radius 3 is 1.73 bits per heavy atom. The second-order valence-electron chi connectivity index (χ2n) is 15.6. The van der Waals surface area contributed by atoms with Crippen LogP contribution in [-0.2, 0) is 19.1 Å². The van der Waals surface area contributed by atoms with Gasteiger partial charge in [0.2, 0.25) is 0 Å². The molecule has 1 saturated carbocycles. The predicted octanol–water partition coefficient (Wildman–Crippen LogP) is 9.30. The first kappa shape index (κ1) is 47.3. The van der Waals surface area contributed by atoms with Gasteiger partial charge < -0.3 is 29.9 Å². The van der Waals surface area contributed by atoms with Gasteiger partial charge in [0.1, 0.15) is 19.3 Å². The Balaban J connectivity index is 2.01. The lowest BCUT2D eigenvalue weighted by molar-refractivity contribution is -0.152. The SMILES string of the molecule is CCCCC[C@H](O)/C=C/[C@@H]1[C@@H](C/C=C/CCCC(=O)OC[C@@H](O)COC(=O)CCCCCCCCCCCCCCCCC(C)C)[C@@H](O)C[C@H]1O. The lowest BCUT2D eigenvalue weighted by Crippen LogP contribution is -2.25. The molecule has 1 fully saturated rings. The maximum atomic E-state index is 12.1. The summed E-state index contributed by atoms with van der Waals surface area (Å²) in [6.07, 6.45) is 30.5. The number of hydrogen-bond acceptors (Lipinski definition) is 8. The smallest absolute Gasteiger partial charge is 0.305 e. The summed E-state index contributed by atoms with van der Waals surface area (Å²) < 4.78 is 10.3. The zero-order valence-electron chi connectivity index (χ0n) is 32.9. The Morgan fingerprint density at radius 2 is 1.18 bits per heavy atom. The summed E-state index contributed by atoms with van der Waals surface area (Å²) in [5.41, 5.74) is 0. The molecule has 0 bridgehead atoms. The van der Waals surface area contributed by atoms with Crippen molar-refractivity contribution in [2.24, 2.45) is 17.8 Å². The van der Waals surface area contributed by atoms with Crippen LogP contribution in [0.25, 0.3) is 0 Å². The first-order valence-corrected chi connectivity index (χ1v) is 21.0. The number of esters is 2. The van der Waals surface area contributed by atoms with E-state index in [0.717, 1.165) is 44.4 Å². The van der Waals surface area contributed by atoms with E-state index in [4.69, 9.17) is 9.47 Å². The Hall–Kier alpha value is -1.74. The molecule has 0 aromatic rings. The number of aliphatic hydroxyl groups is 4. The molecule has 8 nitrogen and oxygen atoms in total. The molecule has 0 radical (unpaired) electrons. The van der Waals surface area contributed by atoms with Gasteiger partial charge in [-0.2, -0.15) is 0 Å². The van der Waals surface area contributed by atoms with Crippen LogP contribution in [0.4, 0.5) is 0 Å². The number of carbonyl (C=O) groups is 2. The Labute approximate surface area is 311 Å². The number of unbranched alkanes of at least 4 members (excludes halogenated alkanes) is 16. The van der Waals surface area contributed by atoms with Crippen LogP contribution >= 0.6 is 0 Å². The third-order valence-corrected chi connectivity index (χ3v) is 10.2. The fourth-order valence-corrected chi connectivity index (χ4v) is 6.91. The molecule has 0 aromatic carbocycles. The number of ether oxygens (including phenoxy) is 2. The molecule has 298 valence electrons. The number of carbonyl (C=O) groups excluding carboxylic acids is 2. The summed E-state index contributed by atoms with van der Waals surface area (Å²) in [5.74, 6) is -0.211. The second kappa shape index (κ2) is 31.8. The summed E-state index contributed by atoms with van der Waals surface area (Å²) in [6, 6.07) is 0. The fraction of sp³-hybridized carbons (Fsp3) is 0.860. The predicted molar refractivity (Wildman–Crippen MR) is 207 cm³/mol. The van der Waals surface area contributed by atoms with Crippen LogP contribution in [0.1, 0.15) is 181 Å². The second-order valence-corrected chi connectivity index (χ2v) is 15.6. The average molecular weight is 723 g/mol. The van der Waals surface area contributed by atoms with Crippen LogP contribution in [0.15, 0.2) is 24.3 Å². The van der Waals surface area contributed by atoms with Crippen LogP contribution < -0.4 is 0 Å². The molecule has 0 amide bonds. The van der Waals surface area contributed by atoms with Crippen LogP contribution in [0.3, 0.4) is 0 Å². The van der Waals surface area contributed by atoms with Gasteiger partial charge in [0, 0.05) is 25.2 Å². The van der Waals surface area contributed by atoms with Crippen molar-refractivity contribution in [3.8, 4) is 0 Å². The van der Waals surface area contributed by atoms with E-state index < -0.39 is 30.4 Å². The Bertz CT molecular complexity index is 902. The van der Waals surface area contributed by atoms with Crippen LogP contribution in [-0.4, -0.2) is 70.0 Å². The summed E-state index contributed by atoms with van der Waals surface area (Å²) in [4.78, 5) is 24.1. The van der Waals surface area contributed by atoms with E-state index in [-0.39, 0.29) is 37.4 Å². The molecule has 0 aromatic heterocycles. The molecule has 4 N–H and O–H groups in total. The van der Waals surface area contributed by atoms with Crippen molar-refractivity contribution in [3.05, 3.63) is 24.3 Å². The molecule has 0 spiro atoms. The summed E-state index contributed by atoms with van der Waals surface area (Å²) >= 11 is 0. The van der Waals surface area contributed by atoms with E-state index in [2.05, 4.69) is 20.8 Å². The first-order chi connectivity index (χ1) is 24.6. The molecule has 0 aliphatic heterocycles. The lowest BCUT2D eigenvalue weighted by atomic mass is 9.89. The zero-order chi connectivity index (χ0) is 37.5. The van der Waals surface area contributed by atoms with Gasteiger partial charge in [-0.25, -0.2) is 0 Å². The van der Waals surface area contributed by atoms with Crippen molar-refractivity contribution in [1.29, 1.82) is 0 Å². The van der Waals surface area contributed by atoms with Gasteiger partial charge in [-0.05, 0) is 43.9 Å². The monoisotopic (exact) mass is 723 g/mol. The standard InChI is InChI=1S/C43H78O8/c1-4-5-20-26-36(44)30-31-39-38(40(46)32-41(39)47)27-22-18-19-24-29-43(49)51-34-37(45)33-50-42(48)28-23-17-15-13-11-9-7-6-8-10-12-14-16-21-25-35(2)3/h18,22,30-31,35-41,44-47H,4-17,19-21,23-29,32-34H2,1-3H3/b22-18+,31-30+/t36-,37-,38+,39+,40-,41+/m0/s1. The maximum absolute atomic E-state index is 12.1. The van der Waals surface area contributed by atoms with Crippen LogP contribution in [0.2, 0.25) is 0 Å². The van der Waals surface area contributed by atoms with Crippen LogP contribution in [0, 0.1) is 17.8 Å². The number of allylic oxidation sites excluding steroid dienone is 2. The molecule has 1 rings (SSSR count). The van der Waals surface area contributed by atoms with Crippen molar-refractivity contribution in [2.75, 3.05) is 13.2 Å². The van der Waals surface area contributed by atoms with Gasteiger partial charge in [-0.3, -0.25) is 9.59 Å². The molecular formula is C43H78O8. The van der Waals surface area contributed by atoms with E-state index in [1.807, 2.05) is 18.2 Å². The topological polar surface area (TPSA) is 134 Å². The van der Waals surface area contributed by atoms with Gasteiger partial charge >= 0.3 is 11.9 Å². The van der Waals surface area contributed by atoms with Crippen molar-refractivity contribution in [1.82, 2.24) is 0 Å². The van der Waals surface area contributed by atoms with E-state index in [9.17, 15) is 30.0 Å². The quantitative estimate of drug-likeness (QED) is 0.0299. The third-order valence-electron chi connectivity index (χ3n) is 10.2. The Kier molecular flexibility index (Phi) is 29.4.